The molecule has 0 amide bonds. The molecule has 0 saturated heterocycles. The third-order valence-corrected chi connectivity index (χ3v) is 3.60. The number of methoxy groups -OCH3 is 1. The molecule has 0 aliphatic heterocycles. The minimum Gasteiger partial charge on any atom is -0.464 e. The van der Waals surface area contributed by atoms with E-state index in [9.17, 15) is 9.18 Å². The van der Waals surface area contributed by atoms with Crippen molar-refractivity contribution in [3.05, 3.63) is 47.1 Å². The summed E-state index contributed by atoms with van der Waals surface area (Å²) in [5, 5.41) is 0.504. The average Bonchev–Trinajstić information content (AvgIpc) is 2.99. The standard InChI is InChI=1S/C15H10ClFN2O3/c1-21-15(20)14-10(16)12(18)11(17)13(19-14)8-2-3-9-7(6-8)4-5-22-9/h2-6H,1H3,(H2,18,19). The van der Waals surface area contributed by atoms with Crippen molar-refractivity contribution in [3.63, 3.8) is 0 Å². The Labute approximate surface area is 129 Å². The summed E-state index contributed by atoms with van der Waals surface area (Å²) in [4.78, 5) is 15.7. The fourth-order valence-corrected chi connectivity index (χ4v) is 2.30. The SMILES string of the molecule is COC(=O)c1nc(-c2ccc3occc3c2)c(F)c(N)c1Cl. The molecule has 5 nitrogen and oxygen atoms in total. The highest BCUT2D eigenvalue weighted by Crippen LogP contribution is 2.33. The highest BCUT2D eigenvalue weighted by atomic mass is 35.5. The summed E-state index contributed by atoms with van der Waals surface area (Å²) in [6.45, 7) is 0. The quantitative estimate of drug-likeness (QED) is 0.729. The Morgan fingerprint density at radius 1 is 1.41 bits per heavy atom. The number of furan rings is 1. The van der Waals surface area contributed by atoms with Crippen molar-refractivity contribution in [1.29, 1.82) is 0 Å². The van der Waals surface area contributed by atoms with E-state index in [1.54, 1.807) is 24.3 Å². The number of carbonyl (C=O) groups excluding carboxylic acids is 1. The highest BCUT2D eigenvalue weighted by Gasteiger charge is 2.22. The van der Waals surface area contributed by atoms with E-state index in [4.69, 9.17) is 21.8 Å². The second-order valence-electron chi connectivity index (χ2n) is 4.52. The summed E-state index contributed by atoms with van der Waals surface area (Å²) in [5.41, 5.74) is 6.07. The smallest absolute Gasteiger partial charge is 0.358 e. The molecule has 0 bridgehead atoms. The van der Waals surface area contributed by atoms with Gasteiger partial charge in [0.2, 0.25) is 0 Å². The Kier molecular flexibility index (Phi) is 3.46. The van der Waals surface area contributed by atoms with Gasteiger partial charge < -0.3 is 14.9 Å². The molecule has 0 atom stereocenters. The molecule has 112 valence electrons. The van der Waals surface area contributed by atoms with Crippen molar-refractivity contribution in [1.82, 2.24) is 4.98 Å². The predicted octanol–water partition coefficient (Wildman–Crippen LogP) is 3.66. The number of halogens is 2. The summed E-state index contributed by atoms with van der Waals surface area (Å²) >= 11 is 5.87. The van der Waals surface area contributed by atoms with Crippen LogP contribution < -0.4 is 5.73 Å². The first-order valence-corrected chi connectivity index (χ1v) is 6.61. The van der Waals surface area contributed by atoms with Crippen LogP contribution in [0.25, 0.3) is 22.2 Å². The lowest BCUT2D eigenvalue weighted by molar-refractivity contribution is 0.0594. The van der Waals surface area contributed by atoms with Crippen LogP contribution in [0.15, 0.2) is 34.9 Å². The molecule has 3 rings (SSSR count). The van der Waals surface area contributed by atoms with Gasteiger partial charge in [0.25, 0.3) is 0 Å². The lowest BCUT2D eigenvalue weighted by Gasteiger charge is -2.10. The number of nitrogen functional groups attached to an aromatic ring is 1. The molecule has 22 heavy (non-hydrogen) atoms. The molecule has 0 unspecified atom stereocenters. The fraction of sp³-hybridized carbons (Fsp3) is 0.0667. The molecule has 2 heterocycles. The largest absolute Gasteiger partial charge is 0.464 e. The zero-order valence-electron chi connectivity index (χ0n) is 11.4. The van der Waals surface area contributed by atoms with Gasteiger partial charge in [-0.25, -0.2) is 14.2 Å². The first-order chi connectivity index (χ1) is 10.5. The number of aromatic nitrogens is 1. The van der Waals surface area contributed by atoms with E-state index < -0.39 is 11.8 Å². The van der Waals surface area contributed by atoms with E-state index in [1.807, 2.05) is 0 Å². The molecule has 7 heteroatoms. The maximum Gasteiger partial charge on any atom is 0.358 e. The van der Waals surface area contributed by atoms with E-state index in [1.165, 1.54) is 13.4 Å². The number of fused-ring (bicyclic) bond motifs is 1. The first-order valence-electron chi connectivity index (χ1n) is 6.23. The van der Waals surface area contributed by atoms with Crippen molar-refractivity contribution in [2.75, 3.05) is 12.8 Å². The van der Waals surface area contributed by atoms with Crippen LogP contribution >= 0.6 is 11.6 Å². The molecule has 0 aliphatic rings. The molecule has 0 radical (unpaired) electrons. The average molecular weight is 321 g/mol. The number of nitrogens with two attached hydrogens (primary N) is 1. The molecule has 2 N–H and O–H groups in total. The van der Waals surface area contributed by atoms with Gasteiger partial charge in [0.05, 0.1) is 24.1 Å². The molecular weight excluding hydrogens is 311 g/mol. The number of rotatable bonds is 2. The lowest BCUT2D eigenvalue weighted by atomic mass is 10.1. The molecule has 1 aromatic carbocycles. The van der Waals surface area contributed by atoms with Gasteiger partial charge >= 0.3 is 5.97 Å². The first kappa shape index (κ1) is 14.3. The normalized spacial score (nSPS) is 10.9. The minimum absolute atomic E-state index is 0.0783. The van der Waals surface area contributed by atoms with E-state index in [0.717, 1.165) is 5.39 Å². The van der Waals surface area contributed by atoms with Gasteiger partial charge in [0, 0.05) is 10.9 Å². The second-order valence-corrected chi connectivity index (χ2v) is 4.89. The van der Waals surface area contributed by atoms with E-state index in [-0.39, 0.29) is 22.1 Å². The Balaban J connectivity index is 2.25. The van der Waals surface area contributed by atoms with Crippen LogP contribution in [0, 0.1) is 5.82 Å². The minimum atomic E-state index is -0.791. The van der Waals surface area contributed by atoms with Crippen LogP contribution in [0.1, 0.15) is 10.5 Å². The summed E-state index contributed by atoms with van der Waals surface area (Å²) in [7, 11) is 1.18. The van der Waals surface area contributed by atoms with Gasteiger partial charge in [-0.2, -0.15) is 0 Å². The summed E-state index contributed by atoms with van der Waals surface area (Å²) in [6.07, 6.45) is 1.52. The van der Waals surface area contributed by atoms with Gasteiger partial charge in [-0.1, -0.05) is 11.6 Å². The van der Waals surface area contributed by atoms with Crippen molar-refractivity contribution in [2.24, 2.45) is 0 Å². The number of benzene rings is 1. The molecule has 0 saturated carbocycles. The summed E-state index contributed by atoms with van der Waals surface area (Å²) in [6, 6.07) is 6.70. The molecule has 3 aromatic rings. The number of carbonyl (C=O) groups is 1. The Bertz CT molecular complexity index is 892. The number of esters is 1. The zero-order chi connectivity index (χ0) is 15.9. The monoisotopic (exact) mass is 320 g/mol. The number of hydrogen-bond acceptors (Lipinski definition) is 5. The van der Waals surface area contributed by atoms with Crippen molar-refractivity contribution < 1.29 is 18.3 Å². The zero-order valence-corrected chi connectivity index (χ0v) is 12.1. The number of anilines is 1. The third kappa shape index (κ3) is 2.17. The molecule has 0 spiro atoms. The van der Waals surface area contributed by atoms with Gasteiger partial charge in [0.1, 0.15) is 11.3 Å². The second kappa shape index (κ2) is 5.31. The van der Waals surface area contributed by atoms with Gasteiger partial charge in [0.15, 0.2) is 11.5 Å². The Morgan fingerprint density at radius 3 is 2.91 bits per heavy atom. The Hall–Kier alpha value is -2.60. The van der Waals surface area contributed by atoms with E-state index >= 15 is 0 Å². The van der Waals surface area contributed by atoms with Crippen LogP contribution in [0.3, 0.4) is 0 Å². The van der Waals surface area contributed by atoms with Crippen LogP contribution in [-0.2, 0) is 4.74 Å². The number of hydrogen-bond donors (Lipinski definition) is 1. The number of pyridine rings is 1. The summed E-state index contributed by atoms with van der Waals surface area (Å²) in [5.74, 6) is -1.58. The predicted molar refractivity (Wildman–Crippen MR) is 80.2 cm³/mol. The highest BCUT2D eigenvalue weighted by molar-refractivity contribution is 6.35. The van der Waals surface area contributed by atoms with Gasteiger partial charge in [-0.3, -0.25) is 0 Å². The van der Waals surface area contributed by atoms with Crippen LogP contribution in [-0.4, -0.2) is 18.1 Å². The topological polar surface area (TPSA) is 78.3 Å². The van der Waals surface area contributed by atoms with Gasteiger partial charge in [-0.05, 0) is 24.3 Å². The number of nitrogens with zero attached hydrogens (tertiary/aromatic N) is 1. The Morgan fingerprint density at radius 2 is 2.18 bits per heavy atom. The molecule has 0 aliphatic carbocycles. The van der Waals surface area contributed by atoms with Crippen molar-refractivity contribution in [3.8, 4) is 11.3 Å². The molecule has 0 fully saturated rings. The molecule has 2 aromatic heterocycles. The number of ether oxygens (including phenoxy) is 1. The summed E-state index contributed by atoms with van der Waals surface area (Å²) < 4.78 is 24.2. The molecular formula is C15H10ClFN2O3. The lowest BCUT2D eigenvalue weighted by Crippen LogP contribution is -2.10. The maximum atomic E-state index is 14.4. The van der Waals surface area contributed by atoms with Crippen LogP contribution in [0.5, 0.6) is 0 Å². The third-order valence-electron chi connectivity index (χ3n) is 3.22. The fourth-order valence-electron chi connectivity index (χ4n) is 2.10. The van der Waals surface area contributed by atoms with Crippen molar-refractivity contribution in [2.45, 2.75) is 0 Å². The van der Waals surface area contributed by atoms with E-state index in [0.29, 0.717) is 11.1 Å². The van der Waals surface area contributed by atoms with Crippen LogP contribution in [0.4, 0.5) is 10.1 Å². The van der Waals surface area contributed by atoms with Gasteiger partial charge in [-0.15, -0.1) is 0 Å². The van der Waals surface area contributed by atoms with E-state index in [2.05, 4.69) is 9.72 Å². The van der Waals surface area contributed by atoms with Crippen LogP contribution in [0.2, 0.25) is 5.02 Å². The maximum absolute atomic E-state index is 14.4. The van der Waals surface area contributed by atoms with Crippen molar-refractivity contribution >= 4 is 34.2 Å².